The van der Waals surface area contributed by atoms with Crippen LogP contribution in [0.4, 0.5) is 0 Å². The Bertz CT molecular complexity index is 553. The predicted molar refractivity (Wildman–Crippen MR) is 79.0 cm³/mol. The molecular weight excluding hydrogens is 242 g/mol. The maximum Gasteiger partial charge on any atom is 0.0428 e. The molecule has 2 aromatic rings. The Hall–Kier alpha value is -1.19. The fourth-order valence-electron chi connectivity index (χ4n) is 2.05. The van der Waals surface area contributed by atoms with Gasteiger partial charge in [-0.15, -0.1) is 0 Å². The van der Waals surface area contributed by atoms with Crippen molar-refractivity contribution in [3.8, 4) is 0 Å². The van der Waals surface area contributed by atoms with Crippen LogP contribution in [0.5, 0.6) is 0 Å². The summed E-state index contributed by atoms with van der Waals surface area (Å²) in [6.45, 7) is 2.04. The summed E-state index contributed by atoms with van der Waals surface area (Å²) in [6, 6.07) is 14.3. The highest BCUT2D eigenvalue weighted by Gasteiger charge is 2.10. The van der Waals surface area contributed by atoms with E-state index in [0.717, 1.165) is 17.7 Å². The van der Waals surface area contributed by atoms with Crippen LogP contribution in [0.25, 0.3) is 10.8 Å². The Kier molecular flexibility index (Phi) is 4.50. The molecule has 0 radical (unpaired) electrons. The van der Waals surface area contributed by atoms with Crippen molar-refractivity contribution in [3.05, 3.63) is 48.0 Å². The lowest BCUT2D eigenvalue weighted by Gasteiger charge is -2.12. The van der Waals surface area contributed by atoms with Gasteiger partial charge in [-0.05, 0) is 28.8 Å². The van der Waals surface area contributed by atoms with Crippen LogP contribution < -0.4 is 5.73 Å². The molecule has 2 unspecified atom stereocenters. The van der Waals surface area contributed by atoms with Crippen molar-refractivity contribution in [1.29, 1.82) is 0 Å². The van der Waals surface area contributed by atoms with Crippen molar-refractivity contribution in [3.63, 3.8) is 0 Å². The lowest BCUT2D eigenvalue weighted by Crippen LogP contribution is -2.19. The highest BCUT2D eigenvalue weighted by Crippen LogP contribution is 2.19. The maximum absolute atomic E-state index is 11.7. The van der Waals surface area contributed by atoms with E-state index in [1.54, 1.807) is 0 Å². The third-order valence-electron chi connectivity index (χ3n) is 3.00. The second kappa shape index (κ2) is 6.12. The van der Waals surface area contributed by atoms with Gasteiger partial charge in [-0.3, -0.25) is 4.21 Å². The Morgan fingerprint density at radius 3 is 2.61 bits per heavy atom. The van der Waals surface area contributed by atoms with Gasteiger partial charge in [-0.2, -0.15) is 0 Å². The summed E-state index contributed by atoms with van der Waals surface area (Å²) in [5.41, 5.74) is 7.19. The molecule has 2 nitrogen and oxygen atoms in total. The van der Waals surface area contributed by atoms with Crippen LogP contribution in [0, 0.1) is 0 Å². The summed E-state index contributed by atoms with van der Waals surface area (Å²) in [5, 5.41) is 2.40. The average Bonchev–Trinajstić information content (AvgIpc) is 2.38. The largest absolute Gasteiger partial charge is 0.323 e. The molecule has 2 aromatic carbocycles. The van der Waals surface area contributed by atoms with E-state index in [0.29, 0.717) is 5.75 Å². The fraction of sp³-hybridized carbons (Fsp3) is 0.333. The van der Waals surface area contributed by atoms with Gasteiger partial charge in [0.25, 0.3) is 0 Å². The van der Waals surface area contributed by atoms with Crippen molar-refractivity contribution in [1.82, 2.24) is 0 Å². The van der Waals surface area contributed by atoms with Crippen LogP contribution in [0.1, 0.15) is 24.9 Å². The van der Waals surface area contributed by atoms with Gasteiger partial charge < -0.3 is 5.73 Å². The molecule has 2 N–H and O–H groups in total. The topological polar surface area (TPSA) is 43.1 Å². The number of benzene rings is 2. The zero-order chi connectivity index (χ0) is 13.0. The molecule has 0 aliphatic carbocycles. The first-order chi connectivity index (χ1) is 8.70. The third-order valence-corrected chi connectivity index (χ3v) is 4.59. The van der Waals surface area contributed by atoms with E-state index in [1.165, 1.54) is 10.8 Å². The van der Waals surface area contributed by atoms with E-state index in [9.17, 15) is 4.21 Å². The van der Waals surface area contributed by atoms with Gasteiger partial charge in [0.05, 0.1) is 0 Å². The molecule has 0 aromatic heterocycles. The van der Waals surface area contributed by atoms with Gasteiger partial charge in [0.1, 0.15) is 0 Å². The van der Waals surface area contributed by atoms with Crippen molar-refractivity contribution in [2.45, 2.75) is 19.4 Å². The zero-order valence-corrected chi connectivity index (χ0v) is 11.5. The summed E-state index contributed by atoms with van der Waals surface area (Å²) < 4.78 is 11.7. The molecule has 18 heavy (non-hydrogen) atoms. The van der Waals surface area contributed by atoms with Crippen LogP contribution >= 0.6 is 0 Å². The molecule has 0 saturated carbocycles. The molecule has 0 saturated heterocycles. The second-order valence-corrected chi connectivity index (χ2v) is 6.14. The first-order valence-corrected chi connectivity index (χ1v) is 7.78. The average molecular weight is 261 g/mol. The summed E-state index contributed by atoms with van der Waals surface area (Å²) in [4.78, 5) is 0. The van der Waals surface area contributed by atoms with Crippen molar-refractivity contribution >= 4 is 21.6 Å². The first kappa shape index (κ1) is 13.2. The summed E-state index contributed by atoms with van der Waals surface area (Å²) in [7, 11) is -0.809. The monoisotopic (exact) mass is 261 g/mol. The predicted octanol–water partition coefficient (Wildman–Crippen LogP) is 3.00. The van der Waals surface area contributed by atoms with Crippen LogP contribution in [0.15, 0.2) is 42.5 Å². The van der Waals surface area contributed by atoms with Gasteiger partial charge in [0.15, 0.2) is 0 Å². The highest BCUT2D eigenvalue weighted by molar-refractivity contribution is 7.85. The summed E-state index contributed by atoms with van der Waals surface area (Å²) in [6.07, 6.45) is 0.942. The van der Waals surface area contributed by atoms with E-state index >= 15 is 0 Å². The number of hydrogen-bond donors (Lipinski definition) is 1. The van der Waals surface area contributed by atoms with Crippen molar-refractivity contribution in [2.24, 2.45) is 5.73 Å². The molecular formula is C15H19NOS. The quantitative estimate of drug-likeness (QED) is 0.899. The first-order valence-electron chi connectivity index (χ1n) is 6.30. The second-order valence-electron chi connectivity index (χ2n) is 4.52. The zero-order valence-electron chi connectivity index (χ0n) is 10.6. The van der Waals surface area contributed by atoms with Crippen LogP contribution in [-0.4, -0.2) is 15.7 Å². The van der Waals surface area contributed by atoms with Crippen LogP contribution in [0.2, 0.25) is 0 Å². The Labute approximate surface area is 111 Å². The molecule has 0 fully saturated rings. The third kappa shape index (κ3) is 3.18. The lowest BCUT2D eigenvalue weighted by molar-refractivity contribution is 0.674. The molecule has 0 amide bonds. The van der Waals surface area contributed by atoms with Gasteiger partial charge >= 0.3 is 0 Å². The maximum atomic E-state index is 11.7. The number of nitrogens with two attached hydrogens (primary N) is 1. The molecule has 96 valence electrons. The molecule has 0 aliphatic rings. The van der Waals surface area contributed by atoms with E-state index in [-0.39, 0.29) is 6.04 Å². The van der Waals surface area contributed by atoms with E-state index in [4.69, 9.17) is 5.73 Å². The molecule has 2 atom stereocenters. The molecule has 2 rings (SSSR count). The lowest BCUT2D eigenvalue weighted by atomic mass is 10.0. The normalized spacial score (nSPS) is 14.6. The number of rotatable bonds is 5. The molecule has 0 spiro atoms. The van der Waals surface area contributed by atoms with Crippen molar-refractivity contribution in [2.75, 3.05) is 11.5 Å². The Morgan fingerprint density at radius 2 is 1.89 bits per heavy atom. The Balaban J connectivity index is 2.17. The minimum absolute atomic E-state index is 0.137. The number of hydrogen-bond acceptors (Lipinski definition) is 2. The Morgan fingerprint density at radius 1 is 1.17 bits per heavy atom. The molecule has 0 aliphatic heterocycles. The molecule has 3 heteroatoms. The van der Waals surface area contributed by atoms with Crippen LogP contribution in [0.3, 0.4) is 0 Å². The smallest absolute Gasteiger partial charge is 0.0428 e. The van der Waals surface area contributed by atoms with Gasteiger partial charge in [-0.1, -0.05) is 43.3 Å². The molecule has 0 bridgehead atoms. The van der Waals surface area contributed by atoms with Gasteiger partial charge in [-0.25, -0.2) is 0 Å². The standard InChI is InChI=1S/C15H19NOS/c1-2-9-18(17)11-15(16)14-8-7-12-5-3-4-6-13(12)10-14/h3-8,10,15H,2,9,11,16H2,1H3. The van der Waals surface area contributed by atoms with Gasteiger partial charge in [0, 0.05) is 28.3 Å². The highest BCUT2D eigenvalue weighted by atomic mass is 32.2. The summed E-state index contributed by atoms with van der Waals surface area (Å²) >= 11 is 0. The molecule has 0 heterocycles. The van der Waals surface area contributed by atoms with Crippen LogP contribution in [-0.2, 0) is 10.8 Å². The van der Waals surface area contributed by atoms with Gasteiger partial charge in [0.2, 0.25) is 0 Å². The van der Waals surface area contributed by atoms with E-state index in [1.807, 2.05) is 25.1 Å². The SMILES string of the molecule is CCCS(=O)CC(N)c1ccc2ccccc2c1. The van der Waals surface area contributed by atoms with Crippen molar-refractivity contribution < 1.29 is 4.21 Å². The minimum Gasteiger partial charge on any atom is -0.323 e. The van der Waals surface area contributed by atoms with E-state index < -0.39 is 10.8 Å². The minimum atomic E-state index is -0.809. The summed E-state index contributed by atoms with van der Waals surface area (Å²) in [5.74, 6) is 1.29. The van der Waals surface area contributed by atoms with E-state index in [2.05, 4.69) is 24.3 Å². The fourth-order valence-corrected chi connectivity index (χ4v) is 3.26. The number of fused-ring (bicyclic) bond motifs is 1.